The molecule has 3 fully saturated rings. The van der Waals surface area contributed by atoms with E-state index < -0.39 is 27.4 Å². The molecule has 33 heavy (non-hydrogen) atoms. The average Bonchev–Trinajstić information content (AvgIpc) is 2.78. The van der Waals surface area contributed by atoms with Gasteiger partial charge in [-0.05, 0) is 63.8 Å². The molecule has 0 aromatic heterocycles. The monoisotopic (exact) mass is 514 g/mol. The van der Waals surface area contributed by atoms with Crippen LogP contribution in [0.2, 0.25) is 0 Å². The molecule has 0 saturated heterocycles. The molecule has 0 bridgehead atoms. The van der Waals surface area contributed by atoms with Gasteiger partial charge in [0.2, 0.25) is 10.0 Å². The molecule has 0 aromatic carbocycles. The van der Waals surface area contributed by atoms with E-state index >= 15 is 0 Å². The lowest BCUT2D eigenvalue weighted by Crippen LogP contribution is -2.52. The molecular weight excluding hydrogens is 473 g/mol. The van der Waals surface area contributed by atoms with Crippen LogP contribution >= 0.6 is 11.6 Å². The van der Waals surface area contributed by atoms with Gasteiger partial charge in [0.25, 0.3) is 0 Å². The van der Waals surface area contributed by atoms with Crippen LogP contribution in [0.1, 0.15) is 90.9 Å². The predicted molar refractivity (Wildman–Crippen MR) is 128 cm³/mol. The van der Waals surface area contributed by atoms with Crippen LogP contribution in [0.25, 0.3) is 0 Å². The van der Waals surface area contributed by atoms with E-state index in [1.807, 2.05) is 6.92 Å². The first-order valence-corrected chi connectivity index (χ1v) is 15.0. The molecule has 6 unspecified atom stereocenters. The van der Waals surface area contributed by atoms with Crippen molar-refractivity contribution in [3.05, 3.63) is 0 Å². The zero-order valence-electron chi connectivity index (χ0n) is 20.2. The van der Waals surface area contributed by atoms with Crippen molar-refractivity contribution in [3.8, 4) is 0 Å². The molecule has 0 radical (unpaired) electrons. The molecule has 194 valence electrons. The first-order valence-electron chi connectivity index (χ1n) is 13.0. The number of alkyl halides is 4. The molecule has 0 spiro atoms. The highest BCUT2D eigenvalue weighted by molar-refractivity contribution is 7.89. The van der Waals surface area contributed by atoms with Crippen molar-refractivity contribution in [1.82, 2.24) is 9.21 Å². The van der Waals surface area contributed by atoms with Crippen molar-refractivity contribution >= 4 is 21.6 Å². The molecule has 0 heterocycles. The van der Waals surface area contributed by atoms with Gasteiger partial charge in [0.05, 0.1) is 11.2 Å². The van der Waals surface area contributed by atoms with Crippen molar-refractivity contribution in [1.29, 1.82) is 0 Å². The van der Waals surface area contributed by atoms with Crippen LogP contribution in [0.5, 0.6) is 0 Å². The topological polar surface area (TPSA) is 40.6 Å². The number of hydrogen-bond acceptors (Lipinski definition) is 3. The van der Waals surface area contributed by atoms with E-state index in [2.05, 4.69) is 11.8 Å². The molecule has 4 nitrogen and oxygen atoms in total. The number of rotatable bonds is 8. The summed E-state index contributed by atoms with van der Waals surface area (Å²) in [5.41, 5.74) is 0. The highest BCUT2D eigenvalue weighted by Gasteiger charge is 2.47. The number of nitrogens with zero attached hydrogens (tertiary/aromatic N) is 2. The summed E-state index contributed by atoms with van der Waals surface area (Å²) in [5, 5.41) is -0.702. The quantitative estimate of drug-likeness (QED) is 0.362. The fourth-order valence-corrected chi connectivity index (χ4v) is 9.14. The normalized spacial score (nSPS) is 34.7. The maximum absolute atomic E-state index is 13.5. The van der Waals surface area contributed by atoms with Crippen LogP contribution in [0.4, 0.5) is 13.2 Å². The Hall–Kier alpha value is -0.0500. The largest absolute Gasteiger partial charge is 0.391 e. The summed E-state index contributed by atoms with van der Waals surface area (Å²) in [4.78, 5) is 2.48. The Bertz CT molecular complexity index is 721. The second-order valence-electron chi connectivity index (χ2n) is 10.4. The number of hydrogen-bond donors (Lipinski definition) is 0. The van der Waals surface area contributed by atoms with Gasteiger partial charge in [-0.1, -0.05) is 39.5 Å². The van der Waals surface area contributed by atoms with Gasteiger partial charge < -0.3 is 4.90 Å². The van der Waals surface area contributed by atoms with E-state index in [0.717, 1.165) is 51.6 Å². The van der Waals surface area contributed by atoms with Gasteiger partial charge in [-0.2, -0.15) is 17.5 Å². The van der Waals surface area contributed by atoms with E-state index in [4.69, 9.17) is 11.6 Å². The second kappa shape index (κ2) is 11.8. The Morgan fingerprint density at radius 1 is 0.848 bits per heavy atom. The summed E-state index contributed by atoms with van der Waals surface area (Å²) < 4.78 is 68.5. The molecule has 0 aliphatic heterocycles. The Labute approximate surface area is 203 Å². The van der Waals surface area contributed by atoms with Crippen LogP contribution in [-0.2, 0) is 10.0 Å². The molecule has 0 aromatic rings. The molecule has 3 aliphatic rings. The van der Waals surface area contributed by atoms with Crippen molar-refractivity contribution in [3.63, 3.8) is 0 Å². The predicted octanol–water partition coefficient (Wildman–Crippen LogP) is 6.19. The van der Waals surface area contributed by atoms with E-state index in [-0.39, 0.29) is 24.3 Å². The van der Waals surface area contributed by atoms with Gasteiger partial charge in [0, 0.05) is 30.6 Å². The minimum Gasteiger partial charge on any atom is -0.300 e. The van der Waals surface area contributed by atoms with Gasteiger partial charge in [-0.3, -0.25) is 0 Å². The summed E-state index contributed by atoms with van der Waals surface area (Å²) in [6.07, 6.45) is 4.27. The maximum Gasteiger partial charge on any atom is 0.391 e. The lowest BCUT2D eigenvalue weighted by atomic mass is 9.86. The van der Waals surface area contributed by atoms with Crippen LogP contribution in [-0.4, -0.2) is 66.1 Å². The zero-order valence-corrected chi connectivity index (χ0v) is 21.8. The first kappa shape index (κ1) is 27.5. The second-order valence-corrected chi connectivity index (χ2v) is 13.1. The van der Waals surface area contributed by atoms with Crippen molar-refractivity contribution in [2.24, 2.45) is 11.8 Å². The fraction of sp³-hybridized carbons (Fsp3) is 1.00. The third-order valence-electron chi connectivity index (χ3n) is 8.38. The van der Waals surface area contributed by atoms with Crippen LogP contribution in [0.15, 0.2) is 0 Å². The molecular formula is C24H42ClF3N2O2S. The minimum absolute atomic E-state index is 0.0430. The SMILES string of the molecule is CCN(CC1CCCCC1Cl)C1CCCC(N(CC)S(=O)(=O)C2CCCC(C(F)(F)F)C2)C1. The third-order valence-corrected chi connectivity index (χ3v) is 11.4. The molecule has 6 atom stereocenters. The fourth-order valence-electron chi connectivity index (χ4n) is 6.49. The van der Waals surface area contributed by atoms with Crippen molar-refractivity contribution < 1.29 is 21.6 Å². The van der Waals surface area contributed by atoms with Gasteiger partial charge in [-0.25, -0.2) is 8.42 Å². The van der Waals surface area contributed by atoms with Crippen molar-refractivity contribution in [2.75, 3.05) is 19.6 Å². The van der Waals surface area contributed by atoms with Gasteiger partial charge >= 0.3 is 6.18 Å². The highest BCUT2D eigenvalue weighted by atomic mass is 35.5. The van der Waals surface area contributed by atoms with E-state index in [0.29, 0.717) is 31.3 Å². The summed E-state index contributed by atoms with van der Waals surface area (Å²) in [7, 11) is -3.77. The summed E-state index contributed by atoms with van der Waals surface area (Å²) in [5.74, 6) is -1.02. The number of sulfonamides is 1. The Balaban J connectivity index is 1.68. The standard InChI is InChI=1S/C24H42ClF3N2O2S/c1-3-29(17-18-9-5-6-14-23(18)25)20-11-8-12-21(16-20)30(4-2)33(31,32)22-13-7-10-19(15-22)24(26,27)28/h18-23H,3-17H2,1-2H3. The molecule has 3 rings (SSSR count). The lowest BCUT2D eigenvalue weighted by Gasteiger charge is -2.43. The van der Waals surface area contributed by atoms with Crippen LogP contribution in [0.3, 0.4) is 0 Å². The zero-order chi connectivity index (χ0) is 24.2. The average molecular weight is 515 g/mol. The van der Waals surface area contributed by atoms with Crippen molar-refractivity contribution in [2.45, 2.75) is 120 Å². The number of halogens is 4. The van der Waals surface area contributed by atoms with E-state index in [1.165, 1.54) is 12.8 Å². The highest BCUT2D eigenvalue weighted by Crippen LogP contribution is 2.41. The Morgan fingerprint density at radius 3 is 2.15 bits per heavy atom. The van der Waals surface area contributed by atoms with E-state index in [1.54, 1.807) is 4.31 Å². The third kappa shape index (κ3) is 6.79. The maximum atomic E-state index is 13.5. The van der Waals surface area contributed by atoms with Gasteiger partial charge in [0.15, 0.2) is 0 Å². The molecule has 0 amide bonds. The first-order chi connectivity index (χ1) is 15.6. The summed E-state index contributed by atoms with van der Waals surface area (Å²) >= 11 is 6.62. The Morgan fingerprint density at radius 2 is 1.52 bits per heavy atom. The summed E-state index contributed by atoms with van der Waals surface area (Å²) in [6.45, 7) is 6.17. The summed E-state index contributed by atoms with van der Waals surface area (Å²) in [6, 6.07) is 0.176. The smallest absolute Gasteiger partial charge is 0.300 e. The van der Waals surface area contributed by atoms with Gasteiger partial charge in [-0.15, -0.1) is 11.6 Å². The van der Waals surface area contributed by atoms with E-state index in [9.17, 15) is 21.6 Å². The van der Waals surface area contributed by atoms with Crippen LogP contribution in [0, 0.1) is 11.8 Å². The van der Waals surface area contributed by atoms with Crippen LogP contribution < -0.4 is 0 Å². The molecule has 3 aliphatic carbocycles. The molecule has 9 heteroatoms. The minimum atomic E-state index is -4.32. The van der Waals surface area contributed by atoms with Gasteiger partial charge in [0.1, 0.15) is 0 Å². The Kier molecular flexibility index (Phi) is 9.84. The molecule has 3 saturated carbocycles. The molecule has 0 N–H and O–H groups in total. The lowest BCUT2D eigenvalue weighted by molar-refractivity contribution is -0.181.